The molecule has 34 heavy (non-hydrogen) atoms. The highest BCUT2D eigenvalue weighted by molar-refractivity contribution is 7.88. The van der Waals surface area contributed by atoms with E-state index in [4.69, 9.17) is 9.26 Å². The Morgan fingerprint density at radius 3 is 2.65 bits per heavy atom. The lowest BCUT2D eigenvalue weighted by Gasteiger charge is -2.33. The molecule has 5 rings (SSSR count). The van der Waals surface area contributed by atoms with Gasteiger partial charge in [-0.3, -0.25) is 14.5 Å². The van der Waals surface area contributed by atoms with Crippen molar-refractivity contribution in [2.75, 3.05) is 45.6 Å². The number of carbonyl (C=O) groups is 2. The Morgan fingerprint density at radius 2 is 1.91 bits per heavy atom. The molecule has 0 N–H and O–H groups in total. The molecule has 180 valence electrons. The molecule has 10 heteroatoms. The predicted molar refractivity (Wildman–Crippen MR) is 126 cm³/mol. The highest BCUT2D eigenvalue weighted by atomic mass is 32.2. The van der Waals surface area contributed by atoms with Gasteiger partial charge in [-0.1, -0.05) is 11.2 Å². The molecular weight excluding hydrogens is 458 g/mol. The van der Waals surface area contributed by atoms with Crippen molar-refractivity contribution < 1.29 is 27.3 Å². The van der Waals surface area contributed by atoms with Crippen molar-refractivity contribution in [3.05, 3.63) is 36.0 Å². The third-order valence-electron chi connectivity index (χ3n) is 6.73. The summed E-state index contributed by atoms with van der Waals surface area (Å²) in [5, 5.41) is 6.91. The predicted octanol–water partition coefficient (Wildman–Crippen LogP) is 2.34. The van der Waals surface area contributed by atoms with Crippen molar-refractivity contribution in [1.29, 1.82) is 0 Å². The zero-order chi connectivity index (χ0) is 23.9. The van der Waals surface area contributed by atoms with Crippen molar-refractivity contribution >= 4 is 43.3 Å². The van der Waals surface area contributed by atoms with Crippen LogP contribution in [0.1, 0.15) is 30.9 Å². The minimum Gasteiger partial charge on any atom is -0.492 e. The topological polar surface area (TPSA) is 110 Å². The lowest BCUT2D eigenvalue weighted by Crippen LogP contribution is -2.49. The third-order valence-corrected chi connectivity index (χ3v) is 8.03. The molecule has 0 spiro atoms. The van der Waals surface area contributed by atoms with Crippen molar-refractivity contribution in [2.45, 2.75) is 25.2 Å². The van der Waals surface area contributed by atoms with Crippen LogP contribution in [0.4, 0.5) is 0 Å². The quantitative estimate of drug-likeness (QED) is 0.490. The number of nitrogens with zero attached hydrogens (tertiary/aromatic N) is 3. The molecular formula is C24H27N3O6S. The summed E-state index contributed by atoms with van der Waals surface area (Å²) in [7, 11) is -3.13. The molecule has 1 aliphatic heterocycles. The first-order chi connectivity index (χ1) is 16.3. The molecule has 1 saturated heterocycles. The van der Waals surface area contributed by atoms with Crippen LogP contribution >= 0.6 is 0 Å². The maximum absolute atomic E-state index is 12.5. The number of carbonyl (C=O) groups excluding carboxylic acids is 2. The Morgan fingerprint density at radius 1 is 1.12 bits per heavy atom. The normalized spacial score (nSPS) is 20.9. The fourth-order valence-corrected chi connectivity index (χ4v) is 5.67. The molecule has 0 radical (unpaired) electrons. The van der Waals surface area contributed by atoms with E-state index in [-0.39, 0.29) is 18.0 Å². The summed E-state index contributed by atoms with van der Waals surface area (Å²) in [6.07, 6.45) is 2.06. The summed E-state index contributed by atoms with van der Waals surface area (Å²) in [5.41, 5.74) is 1.23. The largest absolute Gasteiger partial charge is 0.492 e. The van der Waals surface area contributed by atoms with Crippen LogP contribution in [0.15, 0.2) is 34.9 Å². The SMILES string of the molecule is CS(=O)(=O)N1CCN(CCOc2ccc3c(ccc4onc([C@@H]5CCC(=O)CC5=O)c43)c2)CC1. The minimum absolute atomic E-state index is 0.0158. The van der Waals surface area contributed by atoms with Crippen LogP contribution in [-0.4, -0.2) is 79.9 Å². The second kappa shape index (κ2) is 9.09. The molecule has 9 nitrogen and oxygen atoms in total. The summed E-state index contributed by atoms with van der Waals surface area (Å²) >= 11 is 0. The highest BCUT2D eigenvalue weighted by Gasteiger charge is 2.32. The first kappa shape index (κ1) is 22.9. The lowest BCUT2D eigenvalue weighted by atomic mass is 9.83. The van der Waals surface area contributed by atoms with Crippen LogP contribution in [0.5, 0.6) is 5.75 Å². The van der Waals surface area contributed by atoms with E-state index < -0.39 is 15.9 Å². The van der Waals surface area contributed by atoms with E-state index in [0.717, 1.165) is 21.9 Å². The van der Waals surface area contributed by atoms with Gasteiger partial charge >= 0.3 is 0 Å². The smallest absolute Gasteiger partial charge is 0.211 e. The fourth-order valence-electron chi connectivity index (χ4n) is 4.84. The second-order valence-corrected chi connectivity index (χ2v) is 11.0. The van der Waals surface area contributed by atoms with E-state index >= 15 is 0 Å². The summed E-state index contributed by atoms with van der Waals surface area (Å²) in [6.45, 7) is 3.59. The summed E-state index contributed by atoms with van der Waals surface area (Å²) in [6, 6.07) is 9.59. The second-order valence-electron chi connectivity index (χ2n) is 9.01. The van der Waals surface area contributed by atoms with E-state index in [2.05, 4.69) is 10.1 Å². The van der Waals surface area contributed by atoms with E-state index in [1.54, 1.807) is 0 Å². The number of rotatable bonds is 6. The van der Waals surface area contributed by atoms with Crippen molar-refractivity contribution in [3.63, 3.8) is 0 Å². The summed E-state index contributed by atoms with van der Waals surface area (Å²) < 4.78 is 36.3. The number of hydrogen-bond donors (Lipinski definition) is 0. The van der Waals surface area contributed by atoms with Crippen molar-refractivity contribution in [2.24, 2.45) is 0 Å². The molecule has 2 heterocycles. The number of hydrogen-bond acceptors (Lipinski definition) is 8. The van der Waals surface area contributed by atoms with Gasteiger partial charge in [-0.15, -0.1) is 0 Å². The molecule has 2 aliphatic rings. The van der Waals surface area contributed by atoms with Gasteiger partial charge in [-0.2, -0.15) is 4.31 Å². The van der Waals surface area contributed by atoms with Gasteiger partial charge in [-0.05, 0) is 41.5 Å². The fraction of sp³-hybridized carbons (Fsp3) is 0.458. The van der Waals surface area contributed by atoms with Gasteiger partial charge in [0.1, 0.15) is 29.6 Å². The number of ether oxygens (including phenoxy) is 1. The number of ketones is 2. The molecule has 1 aliphatic carbocycles. The van der Waals surface area contributed by atoms with Gasteiger partial charge in [0.05, 0.1) is 24.0 Å². The molecule has 3 aromatic rings. The van der Waals surface area contributed by atoms with E-state index in [1.165, 1.54) is 10.6 Å². The Balaban J connectivity index is 1.28. The molecule has 0 unspecified atom stereocenters. The molecule has 1 saturated carbocycles. The van der Waals surface area contributed by atoms with Crippen LogP contribution in [-0.2, 0) is 19.6 Å². The molecule has 1 atom stereocenters. The summed E-state index contributed by atoms with van der Waals surface area (Å²) in [4.78, 5) is 26.3. The summed E-state index contributed by atoms with van der Waals surface area (Å²) in [5.74, 6) is 0.210. The number of aromatic nitrogens is 1. The average molecular weight is 486 g/mol. The van der Waals surface area contributed by atoms with Gasteiger partial charge < -0.3 is 9.26 Å². The molecule has 0 amide bonds. The Labute approximate surface area is 197 Å². The van der Waals surface area contributed by atoms with Gasteiger partial charge in [0.25, 0.3) is 0 Å². The maximum atomic E-state index is 12.5. The van der Waals surface area contributed by atoms with Crippen LogP contribution < -0.4 is 4.74 Å². The molecule has 2 fully saturated rings. The van der Waals surface area contributed by atoms with Gasteiger partial charge in [0.15, 0.2) is 5.58 Å². The van der Waals surface area contributed by atoms with Crippen molar-refractivity contribution in [1.82, 2.24) is 14.4 Å². The van der Waals surface area contributed by atoms with Crippen LogP contribution in [0.2, 0.25) is 0 Å². The minimum atomic E-state index is -3.13. The van der Waals surface area contributed by atoms with Crippen LogP contribution in [0, 0.1) is 0 Å². The zero-order valence-electron chi connectivity index (χ0n) is 19.0. The Bertz CT molecular complexity index is 1360. The lowest BCUT2D eigenvalue weighted by molar-refractivity contribution is -0.130. The molecule has 1 aromatic heterocycles. The number of piperazine rings is 1. The number of fused-ring (bicyclic) bond motifs is 3. The first-order valence-corrected chi connectivity index (χ1v) is 13.3. The van der Waals surface area contributed by atoms with Crippen molar-refractivity contribution in [3.8, 4) is 5.75 Å². The zero-order valence-corrected chi connectivity index (χ0v) is 19.8. The standard InChI is InChI=1S/C24H27N3O6S/c1-34(30,31)27-10-8-26(9-11-27)12-13-32-18-4-6-19-16(14-18)2-7-22-23(19)24(25-33-22)20-5-3-17(28)15-21(20)29/h2,4,6-7,14,20H,3,5,8-13,15H2,1H3/t20-/m1/s1. The highest BCUT2D eigenvalue weighted by Crippen LogP contribution is 2.37. The van der Waals surface area contributed by atoms with E-state index in [0.29, 0.717) is 63.4 Å². The van der Waals surface area contributed by atoms with Gasteiger partial charge in [-0.25, -0.2) is 8.42 Å². The maximum Gasteiger partial charge on any atom is 0.211 e. The monoisotopic (exact) mass is 485 g/mol. The average Bonchev–Trinajstić information content (AvgIpc) is 3.23. The molecule has 0 bridgehead atoms. The van der Waals surface area contributed by atoms with Gasteiger partial charge in [0, 0.05) is 39.1 Å². The number of sulfonamides is 1. The van der Waals surface area contributed by atoms with Gasteiger partial charge in [0.2, 0.25) is 10.0 Å². The Kier molecular flexibility index (Phi) is 6.13. The number of benzene rings is 2. The van der Waals surface area contributed by atoms with E-state index in [9.17, 15) is 18.0 Å². The van der Waals surface area contributed by atoms with E-state index in [1.807, 2.05) is 30.3 Å². The first-order valence-electron chi connectivity index (χ1n) is 11.5. The van der Waals surface area contributed by atoms with Crippen LogP contribution in [0.3, 0.4) is 0 Å². The van der Waals surface area contributed by atoms with Crippen LogP contribution in [0.25, 0.3) is 21.7 Å². The third kappa shape index (κ3) is 4.57. The number of Topliss-reactive ketones (excluding diaryl/α,β-unsaturated/α-hetero) is 2. The Hall–Kier alpha value is -2.82. The molecule has 2 aromatic carbocycles.